The summed E-state index contributed by atoms with van der Waals surface area (Å²) in [6, 6.07) is 8.01. The monoisotopic (exact) mass is 263 g/mol. The topological polar surface area (TPSA) is 78.0 Å². The van der Waals surface area contributed by atoms with Crippen LogP contribution >= 0.6 is 11.6 Å². The molecule has 92 valence electrons. The van der Waals surface area contributed by atoms with Crippen LogP contribution in [0.5, 0.6) is 0 Å². The van der Waals surface area contributed by atoms with Gasteiger partial charge in [0.15, 0.2) is 0 Å². The first-order valence-electron chi connectivity index (χ1n) is 5.17. The van der Waals surface area contributed by atoms with Crippen LogP contribution < -0.4 is 11.3 Å². The Morgan fingerprint density at radius 3 is 2.83 bits per heavy atom. The maximum absolute atomic E-state index is 11.6. The molecule has 5 nitrogen and oxygen atoms in total. The predicted octanol–water partition coefficient (Wildman–Crippen LogP) is 1.04. The van der Waals surface area contributed by atoms with Crippen molar-refractivity contribution >= 4 is 17.5 Å². The van der Waals surface area contributed by atoms with Gasteiger partial charge in [0.2, 0.25) is 5.91 Å². The SMILES string of the molecule is NC(=O)c1cccc(Cn2cnc(Cl)cc2=O)c1. The standard InChI is InChI=1S/C12H10ClN3O2/c13-10-5-11(17)16(7-15-10)6-8-2-1-3-9(4-8)12(14)18/h1-5,7H,6H2,(H2,14,18). The van der Waals surface area contributed by atoms with E-state index in [1.54, 1.807) is 24.3 Å². The smallest absolute Gasteiger partial charge is 0.255 e. The molecule has 2 aromatic rings. The van der Waals surface area contributed by atoms with Crippen LogP contribution in [0.1, 0.15) is 15.9 Å². The molecule has 0 aliphatic rings. The highest BCUT2D eigenvalue weighted by Gasteiger charge is 2.03. The van der Waals surface area contributed by atoms with Crippen molar-refractivity contribution in [2.24, 2.45) is 5.73 Å². The summed E-state index contributed by atoms with van der Waals surface area (Å²) in [6.07, 6.45) is 1.36. The Kier molecular flexibility index (Phi) is 3.43. The quantitative estimate of drug-likeness (QED) is 0.841. The molecule has 0 fully saturated rings. The average Bonchev–Trinajstić information content (AvgIpc) is 2.33. The summed E-state index contributed by atoms with van der Waals surface area (Å²) in [5.74, 6) is -0.501. The molecule has 0 unspecified atom stereocenters. The normalized spacial score (nSPS) is 10.3. The zero-order valence-corrected chi connectivity index (χ0v) is 10.1. The number of amides is 1. The maximum atomic E-state index is 11.6. The van der Waals surface area contributed by atoms with Gasteiger partial charge >= 0.3 is 0 Å². The number of benzene rings is 1. The number of carbonyl (C=O) groups excluding carboxylic acids is 1. The number of nitrogens with zero attached hydrogens (tertiary/aromatic N) is 2. The lowest BCUT2D eigenvalue weighted by Crippen LogP contribution is -2.20. The second-order valence-electron chi connectivity index (χ2n) is 3.74. The van der Waals surface area contributed by atoms with Gasteiger partial charge in [-0.1, -0.05) is 23.7 Å². The molecular weight excluding hydrogens is 254 g/mol. The van der Waals surface area contributed by atoms with E-state index >= 15 is 0 Å². The molecule has 2 N–H and O–H groups in total. The molecule has 1 amide bonds. The molecule has 0 aliphatic heterocycles. The van der Waals surface area contributed by atoms with E-state index in [0.717, 1.165) is 5.56 Å². The number of halogens is 1. The van der Waals surface area contributed by atoms with Crippen molar-refractivity contribution in [2.45, 2.75) is 6.54 Å². The van der Waals surface area contributed by atoms with Crippen molar-refractivity contribution in [1.29, 1.82) is 0 Å². The largest absolute Gasteiger partial charge is 0.366 e. The van der Waals surface area contributed by atoms with E-state index in [1.807, 2.05) is 0 Å². The lowest BCUT2D eigenvalue weighted by Gasteiger charge is -2.06. The third kappa shape index (κ3) is 2.75. The van der Waals surface area contributed by atoms with Gasteiger partial charge in [-0.25, -0.2) is 4.98 Å². The fraction of sp³-hybridized carbons (Fsp3) is 0.0833. The average molecular weight is 264 g/mol. The number of carbonyl (C=O) groups is 1. The molecular formula is C12H10ClN3O2. The van der Waals surface area contributed by atoms with Crippen molar-refractivity contribution < 1.29 is 4.79 Å². The van der Waals surface area contributed by atoms with E-state index < -0.39 is 5.91 Å². The van der Waals surface area contributed by atoms with Crippen molar-refractivity contribution in [2.75, 3.05) is 0 Å². The number of primary amides is 1. The molecule has 1 heterocycles. The zero-order chi connectivity index (χ0) is 13.1. The molecule has 0 aliphatic carbocycles. The van der Waals surface area contributed by atoms with E-state index in [9.17, 15) is 9.59 Å². The maximum Gasteiger partial charge on any atom is 0.255 e. The first-order chi connectivity index (χ1) is 8.56. The Labute approximate surface area is 108 Å². The van der Waals surface area contributed by atoms with Crippen LogP contribution in [0, 0.1) is 0 Å². The summed E-state index contributed by atoms with van der Waals surface area (Å²) in [6.45, 7) is 0.310. The van der Waals surface area contributed by atoms with Gasteiger partial charge in [-0.2, -0.15) is 0 Å². The third-order valence-corrected chi connectivity index (χ3v) is 2.62. The summed E-state index contributed by atoms with van der Waals surface area (Å²) in [5.41, 5.74) is 6.13. The molecule has 0 saturated carbocycles. The van der Waals surface area contributed by atoms with Crippen molar-refractivity contribution in [3.63, 3.8) is 0 Å². The van der Waals surface area contributed by atoms with Crippen LogP contribution in [0.2, 0.25) is 5.15 Å². The highest BCUT2D eigenvalue weighted by molar-refractivity contribution is 6.29. The molecule has 1 aromatic carbocycles. The van der Waals surface area contributed by atoms with Crippen LogP contribution in [-0.4, -0.2) is 15.5 Å². The first-order valence-corrected chi connectivity index (χ1v) is 5.55. The molecule has 0 spiro atoms. The summed E-state index contributed by atoms with van der Waals surface area (Å²) >= 11 is 5.60. The minimum absolute atomic E-state index is 0.155. The van der Waals surface area contributed by atoms with Crippen LogP contribution in [0.4, 0.5) is 0 Å². The molecule has 2 rings (SSSR count). The van der Waals surface area contributed by atoms with Gasteiger partial charge in [0.25, 0.3) is 5.56 Å². The van der Waals surface area contributed by atoms with Crippen LogP contribution in [0.15, 0.2) is 41.5 Å². The summed E-state index contributed by atoms with van der Waals surface area (Å²) in [7, 11) is 0. The summed E-state index contributed by atoms with van der Waals surface area (Å²) < 4.78 is 1.39. The van der Waals surface area contributed by atoms with E-state index in [-0.39, 0.29) is 10.7 Å². The minimum atomic E-state index is -0.501. The Morgan fingerprint density at radius 1 is 1.39 bits per heavy atom. The van der Waals surface area contributed by atoms with E-state index in [2.05, 4.69) is 4.98 Å². The molecule has 0 bridgehead atoms. The van der Waals surface area contributed by atoms with E-state index in [1.165, 1.54) is 17.0 Å². The van der Waals surface area contributed by atoms with Crippen molar-refractivity contribution in [1.82, 2.24) is 9.55 Å². The summed E-state index contributed by atoms with van der Waals surface area (Å²) in [5, 5.41) is 0.155. The Morgan fingerprint density at radius 2 is 2.17 bits per heavy atom. The van der Waals surface area contributed by atoms with Gasteiger partial charge < -0.3 is 5.73 Å². The Bertz CT molecular complexity index is 652. The second-order valence-corrected chi connectivity index (χ2v) is 4.13. The van der Waals surface area contributed by atoms with Crippen LogP contribution in [-0.2, 0) is 6.54 Å². The molecule has 0 saturated heterocycles. The van der Waals surface area contributed by atoms with Gasteiger partial charge in [-0.3, -0.25) is 14.2 Å². The van der Waals surface area contributed by atoms with Gasteiger partial charge in [0.1, 0.15) is 5.15 Å². The second kappa shape index (κ2) is 5.01. The zero-order valence-electron chi connectivity index (χ0n) is 9.34. The fourth-order valence-corrected chi connectivity index (χ4v) is 1.68. The van der Waals surface area contributed by atoms with Crippen molar-refractivity contribution in [3.8, 4) is 0 Å². The van der Waals surface area contributed by atoms with Gasteiger partial charge in [0, 0.05) is 11.6 Å². The van der Waals surface area contributed by atoms with Crippen molar-refractivity contribution in [3.05, 3.63) is 63.3 Å². The van der Waals surface area contributed by atoms with E-state index in [4.69, 9.17) is 17.3 Å². The van der Waals surface area contributed by atoms with E-state index in [0.29, 0.717) is 12.1 Å². The highest BCUT2D eigenvalue weighted by Crippen LogP contribution is 2.06. The molecule has 0 radical (unpaired) electrons. The molecule has 0 atom stereocenters. The fourth-order valence-electron chi connectivity index (χ4n) is 1.54. The third-order valence-electron chi connectivity index (χ3n) is 2.41. The number of hydrogen-bond acceptors (Lipinski definition) is 3. The van der Waals surface area contributed by atoms with Gasteiger partial charge in [-0.15, -0.1) is 0 Å². The number of aromatic nitrogens is 2. The number of nitrogens with two attached hydrogens (primary N) is 1. The highest BCUT2D eigenvalue weighted by atomic mass is 35.5. The first kappa shape index (κ1) is 12.3. The Balaban J connectivity index is 2.31. The number of rotatable bonds is 3. The molecule has 18 heavy (non-hydrogen) atoms. The van der Waals surface area contributed by atoms with Crippen LogP contribution in [0.25, 0.3) is 0 Å². The Hall–Kier alpha value is -2.14. The molecule has 6 heteroatoms. The lowest BCUT2D eigenvalue weighted by atomic mass is 10.1. The van der Waals surface area contributed by atoms with Crippen LogP contribution in [0.3, 0.4) is 0 Å². The lowest BCUT2D eigenvalue weighted by molar-refractivity contribution is 0.1000. The summed E-state index contributed by atoms with van der Waals surface area (Å²) in [4.78, 5) is 26.5. The van der Waals surface area contributed by atoms with Gasteiger partial charge in [0.05, 0.1) is 12.9 Å². The predicted molar refractivity (Wildman–Crippen MR) is 67.6 cm³/mol. The molecule has 1 aromatic heterocycles. The minimum Gasteiger partial charge on any atom is -0.366 e. The number of hydrogen-bond donors (Lipinski definition) is 1. The van der Waals surface area contributed by atoms with Gasteiger partial charge in [-0.05, 0) is 17.7 Å².